The van der Waals surface area contributed by atoms with E-state index in [4.69, 9.17) is 9.47 Å². The molecule has 0 aliphatic carbocycles. The van der Waals surface area contributed by atoms with Crippen molar-refractivity contribution in [1.82, 2.24) is 10.2 Å². The molecule has 6 heteroatoms. The van der Waals surface area contributed by atoms with Crippen molar-refractivity contribution in [3.63, 3.8) is 0 Å². The molecule has 4 atom stereocenters. The van der Waals surface area contributed by atoms with Gasteiger partial charge in [0.25, 0.3) is 0 Å². The SMILES string of the molecule is CCC1CC(c2ccccc2)CCN1C(=O)[C@@H]1CNC[C@]12CCOc1c(OC)cccc12.[Cl-]. The average molecular weight is 470 g/mol. The van der Waals surface area contributed by atoms with E-state index in [0.29, 0.717) is 24.5 Å². The molecule has 0 aromatic heterocycles. The Morgan fingerprint density at radius 1 is 1.21 bits per heavy atom. The molecule has 2 aromatic rings. The van der Waals surface area contributed by atoms with E-state index in [1.807, 2.05) is 12.1 Å². The van der Waals surface area contributed by atoms with E-state index in [2.05, 4.69) is 53.5 Å². The predicted molar refractivity (Wildman–Crippen MR) is 125 cm³/mol. The number of hydrogen-bond acceptors (Lipinski definition) is 4. The maximum absolute atomic E-state index is 14.1. The Morgan fingerprint density at radius 3 is 2.79 bits per heavy atom. The van der Waals surface area contributed by atoms with Crippen LogP contribution in [0.1, 0.15) is 49.7 Å². The van der Waals surface area contributed by atoms with Crippen molar-refractivity contribution in [3.8, 4) is 11.5 Å². The molecule has 5 nitrogen and oxygen atoms in total. The number of piperidine rings is 1. The Balaban J connectivity index is 0.00000259. The predicted octanol–water partition coefficient (Wildman–Crippen LogP) is 1.12. The maximum Gasteiger partial charge on any atom is 0.228 e. The first kappa shape index (κ1) is 23.9. The van der Waals surface area contributed by atoms with Gasteiger partial charge in [-0.15, -0.1) is 0 Å². The molecule has 3 aliphatic rings. The minimum atomic E-state index is -0.228. The van der Waals surface area contributed by atoms with Gasteiger partial charge in [-0.2, -0.15) is 0 Å². The molecule has 0 bridgehead atoms. The number of methoxy groups -OCH3 is 1. The summed E-state index contributed by atoms with van der Waals surface area (Å²) < 4.78 is 11.6. The van der Waals surface area contributed by atoms with Crippen molar-refractivity contribution in [1.29, 1.82) is 0 Å². The van der Waals surface area contributed by atoms with Crippen LogP contribution in [0.4, 0.5) is 0 Å². The van der Waals surface area contributed by atoms with Gasteiger partial charge < -0.3 is 32.1 Å². The molecule has 33 heavy (non-hydrogen) atoms. The minimum absolute atomic E-state index is 0. The Bertz CT molecular complexity index is 969. The van der Waals surface area contributed by atoms with Crippen LogP contribution in [0.5, 0.6) is 11.5 Å². The molecule has 0 radical (unpaired) electrons. The molecule has 1 N–H and O–H groups in total. The van der Waals surface area contributed by atoms with Gasteiger partial charge in [-0.3, -0.25) is 4.79 Å². The first-order chi connectivity index (χ1) is 15.7. The number of likely N-dealkylation sites (tertiary alicyclic amines) is 1. The van der Waals surface area contributed by atoms with E-state index >= 15 is 0 Å². The Morgan fingerprint density at radius 2 is 2.03 bits per heavy atom. The lowest BCUT2D eigenvalue weighted by Gasteiger charge is -2.45. The first-order valence-corrected chi connectivity index (χ1v) is 12.0. The number of ether oxygens (including phenoxy) is 2. The number of benzene rings is 2. The summed E-state index contributed by atoms with van der Waals surface area (Å²) in [5.74, 6) is 2.35. The number of amides is 1. The van der Waals surface area contributed by atoms with Gasteiger partial charge in [0.05, 0.1) is 19.6 Å². The maximum atomic E-state index is 14.1. The second-order valence-corrected chi connectivity index (χ2v) is 9.50. The van der Waals surface area contributed by atoms with Crippen LogP contribution in [0.3, 0.4) is 0 Å². The monoisotopic (exact) mass is 469 g/mol. The van der Waals surface area contributed by atoms with Crippen LogP contribution < -0.4 is 27.2 Å². The standard InChI is InChI=1S/C27H34N2O3.ClH/c1-3-21-16-20(19-8-5-4-6-9-19)12-14-29(21)26(30)23-17-28-18-27(23)13-15-32-25-22(27)10-7-11-24(25)31-2;/h4-11,20-21,23,28H,3,12-18H2,1-2H3;1H/p-1/t20?,21?,23-,27-;/m0./s1. The van der Waals surface area contributed by atoms with Crippen LogP contribution in [0.2, 0.25) is 0 Å². The quantitative estimate of drug-likeness (QED) is 0.729. The van der Waals surface area contributed by atoms with Gasteiger partial charge in [-0.25, -0.2) is 0 Å². The lowest BCUT2D eigenvalue weighted by atomic mass is 9.68. The zero-order valence-corrected chi connectivity index (χ0v) is 20.3. The third-order valence-electron chi connectivity index (χ3n) is 8.02. The number of carbonyl (C=O) groups excluding carboxylic acids is 1. The van der Waals surface area contributed by atoms with Gasteiger partial charge in [0.1, 0.15) is 0 Å². The van der Waals surface area contributed by atoms with Gasteiger partial charge in [0, 0.05) is 36.7 Å². The molecule has 2 fully saturated rings. The Labute approximate surface area is 203 Å². The van der Waals surface area contributed by atoms with Crippen molar-refractivity contribution in [2.75, 3.05) is 33.4 Å². The summed E-state index contributed by atoms with van der Waals surface area (Å²) in [5.41, 5.74) is 2.30. The van der Waals surface area contributed by atoms with Gasteiger partial charge in [0.2, 0.25) is 5.91 Å². The largest absolute Gasteiger partial charge is 1.00 e. The van der Waals surface area contributed by atoms with Crippen molar-refractivity contribution < 1.29 is 26.7 Å². The van der Waals surface area contributed by atoms with Crippen molar-refractivity contribution in [2.45, 2.75) is 50.0 Å². The number of nitrogens with zero attached hydrogens (tertiary/aromatic N) is 1. The first-order valence-electron chi connectivity index (χ1n) is 12.0. The van der Waals surface area contributed by atoms with E-state index in [-0.39, 0.29) is 23.7 Å². The Hall–Kier alpha value is -2.24. The van der Waals surface area contributed by atoms with E-state index in [9.17, 15) is 4.79 Å². The van der Waals surface area contributed by atoms with Crippen LogP contribution in [0.15, 0.2) is 48.5 Å². The summed E-state index contributed by atoms with van der Waals surface area (Å²) >= 11 is 0. The third kappa shape index (κ3) is 4.10. The topological polar surface area (TPSA) is 50.8 Å². The van der Waals surface area contributed by atoms with Crippen LogP contribution in [0.25, 0.3) is 0 Å². The van der Waals surface area contributed by atoms with Crippen molar-refractivity contribution in [3.05, 3.63) is 59.7 Å². The van der Waals surface area contributed by atoms with Gasteiger partial charge in [-0.05, 0) is 43.2 Å². The fourth-order valence-electron chi connectivity index (χ4n) is 6.27. The fourth-order valence-corrected chi connectivity index (χ4v) is 6.27. The minimum Gasteiger partial charge on any atom is -1.00 e. The van der Waals surface area contributed by atoms with Crippen LogP contribution in [0, 0.1) is 5.92 Å². The highest BCUT2D eigenvalue weighted by Crippen LogP contribution is 2.50. The molecule has 178 valence electrons. The van der Waals surface area contributed by atoms with Gasteiger partial charge >= 0.3 is 0 Å². The molecule has 3 heterocycles. The van der Waals surface area contributed by atoms with E-state index in [1.165, 1.54) is 5.56 Å². The molecule has 1 spiro atoms. The molecule has 1 amide bonds. The lowest BCUT2D eigenvalue weighted by molar-refractivity contribution is -0.141. The number of carbonyl (C=O) groups is 1. The smallest absolute Gasteiger partial charge is 0.228 e. The normalized spacial score (nSPS) is 28.5. The summed E-state index contributed by atoms with van der Waals surface area (Å²) in [6, 6.07) is 17.2. The fraction of sp³-hybridized carbons (Fsp3) is 0.519. The molecule has 0 saturated carbocycles. The van der Waals surface area contributed by atoms with Gasteiger partial charge in [0.15, 0.2) is 11.5 Å². The van der Waals surface area contributed by atoms with Crippen molar-refractivity contribution in [2.24, 2.45) is 5.92 Å². The van der Waals surface area contributed by atoms with E-state index in [0.717, 1.165) is 62.4 Å². The zero-order chi connectivity index (χ0) is 22.1. The zero-order valence-electron chi connectivity index (χ0n) is 19.6. The summed E-state index contributed by atoms with van der Waals surface area (Å²) in [5, 5.41) is 3.55. The number of para-hydroxylation sites is 1. The number of rotatable bonds is 4. The summed E-state index contributed by atoms with van der Waals surface area (Å²) in [7, 11) is 1.68. The lowest BCUT2D eigenvalue weighted by Crippen LogP contribution is -3.00. The summed E-state index contributed by atoms with van der Waals surface area (Å²) in [6.45, 7) is 5.21. The van der Waals surface area contributed by atoms with E-state index in [1.54, 1.807) is 7.11 Å². The third-order valence-corrected chi connectivity index (χ3v) is 8.02. The van der Waals surface area contributed by atoms with Crippen LogP contribution >= 0.6 is 0 Å². The molecule has 3 aliphatic heterocycles. The molecule has 5 rings (SSSR count). The second kappa shape index (κ2) is 9.94. The number of hydrogen-bond donors (Lipinski definition) is 1. The van der Waals surface area contributed by atoms with Gasteiger partial charge in [-0.1, -0.05) is 49.4 Å². The van der Waals surface area contributed by atoms with Crippen molar-refractivity contribution >= 4 is 5.91 Å². The average Bonchev–Trinajstić information content (AvgIpc) is 3.27. The number of nitrogens with one attached hydrogen (secondary N) is 1. The van der Waals surface area contributed by atoms with Crippen LogP contribution in [-0.2, 0) is 10.2 Å². The molecular weight excluding hydrogens is 436 g/mol. The number of halogens is 1. The highest BCUT2D eigenvalue weighted by Gasteiger charge is 2.53. The number of fused-ring (bicyclic) bond motifs is 2. The summed E-state index contributed by atoms with van der Waals surface area (Å²) in [6.07, 6.45) is 3.93. The Kier molecular flexibility index (Phi) is 7.20. The second-order valence-electron chi connectivity index (χ2n) is 9.50. The highest BCUT2D eigenvalue weighted by molar-refractivity contribution is 5.82. The molecule has 2 unspecified atom stereocenters. The van der Waals surface area contributed by atoms with E-state index < -0.39 is 0 Å². The van der Waals surface area contributed by atoms with Crippen LogP contribution in [-0.4, -0.2) is 50.2 Å². The molecule has 2 aromatic carbocycles. The molecular formula is C27H34ClN2O3-. The highest BCUT2D eigenvalue weighted by atomic mass is 35.5. The molecule has 2 saturated heterocycles. The summed E-state index contributed by atoms with van der Waals surface area (Å²) in [4.78, 5) is 16.3.